The molecule has 0 spiro atoms. The van der Waals surface area contributed by atoms with Crippen molar-refractivity contribution in [1.82, 2.24) is 4.72 Å². The smallest absolute Gasteiger partial charge is 0.338 e. The largest absolute Gasteiger partial charge is 0.462 e. The van der Waals surface area contributed by atoms with E-state index in [0.29, 0.717) is 0 Å². The predicted octanol–water partition coefficient (Wildman–Crippen LogP) is 0.719. The zero-order chi connectivity index (χ0) is 17.3. The van der Waals surface area contributed by atoms with Gasteiger partial charge in [0.15, 0.2) is 9.84 Å². The first-order valence-corrected chi connectivity index (χ1v) is 10.4. The molecule has 1 atom stereocenters. The molecule has 1 saturated heterocycles. The summed E-state index contributed by atoms with van der Waals surface area (Å²) in [4.78, 5) is 11.6. The lowest BCUT2D eigenvalue weighted by atomic mass is 10.0. The van der Waals surface area contributed by atoms with Gasteiger partial charge in [-0.05, 0) is 38.5 Å². The Morgan fingerprint density at radius 1 is 1.39 bits per heavy atom. The van der Waals surface area contributed by atoms with Gasteiger partial charge in [-0.25, -0.2) is 26.4 Å². The third-order valence-corrected chi connectivity index (χ3v) is 7.08. The number of nitrogens with one attached hydrogen (secondary N) is 1. The van der Waals surface area contributed by atoms with E-state index in [0.717, 1.165) is 0 Å². The second kappa shape index (κ2) is 6.21. The van der Waals surface area contributed by atoms with E-state index in [1.165, 1.54) is 24.3 Å². The van der Waals surface area contributed by atoms with Gasteiger partial charge >= 0.3 is 5.97 Å². The van der Waals surface area contributed by atoms with E-state index in [4.69, 9.17) is 4.74 Å². The fourth-order valence-corrected chi connectivity index (χ4v) is 6.14. The minimum atomic E-state index is -3.95. The average Bonchev–Trinajstić information content (AvgIpc) is 2.72. The fraction of sp³-hybridized carbons (Fsp3) is 0.500. The summed E-state index contributed by atoms with van der Waals surface area (Å²) in [5, 5.41) is 0. The summed E-state index contributed by atoms with van der Waals surface area (Å²) < 4.78 is 55.4. The summed E-state index contributed by atoms with van der Waals surface area (Å²) in [6.07, 6.45) is 0.214. The zero-order valence-electron chi connectivity index (χ0n) is 12.9. The second-order valence-electron chi connectivity index (χ2n) is 5.76. The van der Waals surface area contributed by atoms with Gasteiger partial charge in [0, 0.05) is 5.54 Å². The van der Waals surface area contributed by atoms with Gasteiger partial charge in [-0.15, -0.1) is 0 Å². The summed E-state index contributed by atoms with van der Waals surface area (Å²) in [6, 6.07) is 5.46. The molecule has 1 aromatic rings. The number of hydrogen-bond donors (Lipinski definition) is 1. The van der Waals surface area contributed by atoms with Crippen LogP contribution in [0.2, 0.25) is 0 Å². The maximum Gasteiger partial charge on any atom is 0.338 e. The summed E-state index contributed by atoms with van der Waals surface area (Å²) in [6.45, 7) is 3.40. The molecule has 0 bridgehead atoms. The lowest BCUT2D eigenvalue weighted by Crippen LogP contribution is -2.46. The van der Waals surface area contributed by atoms with Crippen molar-refractivity contribution in [2.24, 2.45) is 0 Å². The number of sulfone groups is 1. The number of esters is 1. The molecule has 2 rings (SSSR count). The molecule has 1 heterocycles. The summed E-state index contributed by atoms with van der Waals surface area (Å²) in [5.74, 6) is -0.898. The first-order valence-electron chi connectivity index (χ1n) is 7.08. The van der Waals surface area contributed by atoms with Crippen molar-refractivity contribution in [3.05, 3.63) is 29.8 Å². The average molecular weight is 361 g/mol. The standard InChI is InChI=1S/C14H19NO6S2/c1-3-21-13(16)11-5-4-6-12(9-11)23(19,20)15-14(2)7-8-22(17,18)10-14/h4-6,9,15H,3,7-8,10H2,1-2H3. The molecule has 1 unspecified atom stereocenters. The van der Waals surface area contributed by atoms with E-state index in [1.54, 1.807) is 13.8 Å². The van der Waals surface area contributed by atoms with Crippen LogP contribution < -0.4 is 4.72 Å². The molecule has 0 amide bonds. The summed E-state index contributed by atoms with van der Waals surface area (Å²) in [5.41, 5.74) is -0.920. The molecule has 128 valence electrons. The number of benzene rings is 1. The van der Waals surface area contributed by atoms with Crippen molar-refractivity contribution in [2.45, 2.75) is 30.7 Å². The van der Waals surface area contributed by atoms with Gasteiger partial charge in [0.25, 0.3) is 0 Å². The number of rotatable bonds is 5. The fourth-order valence-electron chi connectivity index (χ4n) is 2.48. The zero-order valence-corrected chi connectivity index (χ0v) is 14.5. The highest BCUT2D eigenvalue weighted by molar-refractivity contribution is 7.92. The molecule has 7 nitrogen and oxygen atoms in total. The monoisotopic (exact) mass is 361 g/mol. The van der Waals surface area contributed by atoms with E-state index in [2.05, 4.69) is 4.72 Å². The van der Waals surface area contributed by atoms with Gasteiger partial charge in [-0.1, -0.05) is 6.07 Å². The molecule has 1 aromatic carbocycles. The van der Waals surface area contributed by atoms with E-state index >= 15 is 0 Å². The van der Waals surface area contributed by atoms with E-state index in [9.17, 15) is 21.6 Å². The van der Waals surface area contributed by atoms with Crippen LogP contribution in [0.4, 0.5) is 0 Å². The van der Waals surface area contributed by atoms with Crippen molar-refractivity contribution < 1.29 is 26.4 Å². The number of carbonyl (C=O) groups excluding carboxylic acids is 1. The Bertz CT molecular complexity index is 815. The van der Waals surface area contributed by atoms with Gasteiger partial charge in [-0.2, -0.15) is 0 Å². The molecular weight excluding hydrogens is 342 g/mol. The van der Waals surface area contributed by atoms with Crippen molar-refractivity contribution in [3.63, 3.8) is 0 Å². The van der Waals surface area contributed by atoms with Crippen molar-refractivity contribution >= 4 is 25.8 Å². The van der Waals surface area contributed by atoms with Crippen LogP contribution in [0.5, 0.6) is 0 Å². The number of sulfonamides is 1. The number of hydrogen-bond acceptors (Lipinski definition) is 6. The van der Waals surface area contributed by atoms with Crippen LogP contribution in [0.15, 0.2) is 29.2 Å². The molecule has 0 aliphatic carbocycles. The molecule has 1 N–H and O–H groups in total. The first-order chi connectivity index (χ1) is 10.6. The highest BCUT2D eigenvalue weighted by Crippen LogP contribution is 2.25. The minimum absolute atomic E-state index is 0.0467. The van der Waals surface area contributed by atoms with Crippen molar-refractivity contribution in [3.8, 4) is 0 Å². The van der Waals surface area contributed by atoms with Crippen LogP contribution >= 0.6 is 0 Å². The molecule has 1 aliphatic rings. The van der Waals surface area contributed by atoms with Crippen molar-refractivity contribution in [1.29, 1.82) is 0 Å². The highest BCUT2D eigenvalue weighted by Gasteiger charge is 2.41. The lowest BCUT2D eigenvalue weighted by molar-refractivity contribution is 0.0526. The molecule has 0 radical (unpaired) electrons. The van der Waals surface area contributed by atoms with Gasteiger partial charge in [0.2, 0.25) is 10.0 Å². The Morgan fingerprint density at radius 3 is 2.65 bits per heavy atom. The van der Waals surface area contributed by atoms with Crippen LogP contribution in [0.1, 0.15) is 30.6 Å². The van der Waals surface area contributed by atoms with Crippen LogP contribution in [0, 0.1) is 0 Å². The summed E-state index contributed by atoms with van der Waals surface area (Å²) in [7, 11) is -7.18. The maximum atomic E-state index is 12.5. The Labute approximate surface area is 136 Å². The van der Waals surface area contributed by atoms with Crippen LogP contribution in [0.25, 0.3) is 0 Å². The molecule has 1 fully saturated rings. The number of ether oxygens (including phenoxy) is 1. The highest BCUT2D eigenvalue weighted by atomic mass is 32.2. The number of carbonyl (C=O) groups is 1. The molecule has 1 aliphatic heterocycles. The van der Waals surface area contributed by atoms with Crippen LogP contribution in [-0.2, 0) is 24.6 Å². The Hall–Kier alpha value is -1.45. The summed E-state index contributed by atoms with van der Waals surface area (Å²) >= 11 is 0. The topological polar surface area (TPSA) is 107 Å². The molecule has 0 aromatic heterocycles. The first kappa shape index (κ1) is 17.9. The van der Waals surface area contributed by atoms with Gasteiger partial charge < -0.3 is 4.74 Å². The lowest BCUT2D eigenvalue weighted by Gasteiger charge is -2.23. The predicted molar refractivity (Wildman–Crippen MR) is 84.4 cm³/mol. The maximum absolute atomic E-state index is 12.5. The normalized spacial score (nSPS) is 23.6. The Kier molecular flexibility index (Phi) is 4.84. The molecule has 23 heavy (non-hydrogen) atoms. The van der Waals surface area contributed by atoms with E-state index < -0.39 is 31.4 Å². The van der Waals surface area contributed by atoms with E-state index in [-0.39, 0.29) is 35.0 Å². The van der Waals surface area contributed by atoms with Crippen LogP contribution in [-0.4, -0.2) is 46.5 Å². The Balaban J connectivity index is 2.27. The quantitative estimate of drug-likeness (QED) is 0.775. The molecule has 0 saturated carbocycles. The van der Waals surface area contributed by atoms with Gasteiger partial charge in [0.05, 0.1) is 28.6 Å². The molecular formula is C14H19NO6S2. The third-order valence-electron chi connectivity index (χ3n) is 3.54. The van der Waals surface area contributed by atoms with Crippen molar-refractivity contribution in [2.75, 3.05) is 18.1 Å². The Morgan fingerprint density at radius 2 is 2.09 bits per heavy atom. The van der Waals surface area contributed by atoms with Gasteiger partial charge in [-0.3, -0.25) is 0 Å². The van der Waals surface area contributed by atoms with E-state index in [1.807, 2.05) is 0 Å². The molecule has 9 heteroatoms. The van der Waals surface area contributed by atoms with Gasteiger partial charge in [0.1, 0.15) is 0 Å². The third kappa shape index (κ3) is 4.30. The second-order valence-corrected chi connectivity index (χ2v) is 9.62. The SMILES string of the molecule is CCOC(=O)c1cccc(S(=O)(=O)NC2(C)CCS(=O)(=O)C2)c1. The minimum Gasteiger partial charge on any atom is -0.462 e. The van der Waals surface area contributed by atoms with Crippen LogP contribution in [0.3, 0.4) is 0 Å².